The zero-order valence-corrected chi connectivity index (χ0v) is 14.3. The summed E-state index contributed by atoms with van der Waals surface area (Å²) in [5.41, 5.74) is 1.37. The fourth-order valence-electron chi connectivity index (χ4n) is 2.82. The normalized spacial score (nSPS) is 19.5. The number of rotatable bonds is 4. The number of hydrogen-bond donors (Lipinski definition) is 0. The van der Waals surface area contributed by atoms with Crippen molar-refractivity contribution in [3.05, 3.63) is 17.5 Å². The summed E-state index contributed by atoms with van der Waals surface area (Å²) in [7, 11) is 1.67. The maximum atomic E-state index is 12.8. The van der Waals surface area contributed by atoms with Crippen LogP contribution in [0.25, 0.3) is 0 Å². The number of aromatic nitrogens is 2. The van der Waals surface area contributed by atoms with Crippen molar-refractivity contribution >= 4 is 5.91 Å². The molecule has 1 amide bonds. The summed E-state index contributed by atoms with van der Waals surface area (Å²) in [4.78, 5) is 14.7. The van der Waals surface area contributed by atoms with E-state index in [1.807, 2.05) is 22.6 Å². The Labute approximate surface area is 132 Å². The third-order valence-corrected chi connectivity index (χ3v) is 3.89. The van der Waals surface area contributed by atoms with Gasteiger partial charge in [-0.15, -0.1) is 0 Å². The first-order chi connectivity index (χ1) is 10.3. The third-order valence-electron chi connectivity index (χ3n) is 3.89. The molecule has 1 fully saturated rings. The van der Waals surface area contributed by atoms with Crippen LogP contribution in [-0.2, 0) is 15.0 Å². The van der Waals surface area contributed by atoms with Crippen molar-refractivity contribution in [1.29, 1.82) is 0 Å². The molecule has 2 rings (SSSR count). The summed E-state index contributed by atoms with van der Waals surface area (Å²) in [6.07, 6.45) is 0.779. The van der Waals surface area contributed by atoms with Crippen molar-refractivity contribution in [3.63, 3.8) is 0 Å². The van der Waals surface area contributed by atoms with Gasteiger partial charge in [-0.1, -0.05) is 0 Å². The Balaban J connectivity index is 2.18. The van der Waals surface area contributed by atoms with Crippen LogP contribution in [0.15, 0.2) is 6.07 Å². The Bertz CT molecular complexity index is 519. The number of amides is 1. The minimum absolute atomic E-state index is 0.0181. The van der Waals surface area contributed by atoms with Gasteiger partial charge in [-0.25, -0.2) is 0 Å². The van der Waals surface area contributed by atoms with Gasteiger partial charge in [-0.3, -0.25) is 9.48 Å². The minimum Gasteiger partial charge on any atom is -0.385 e. The first-order valence-corrected chi connectivity index (χ1v) is 7.79. The van der Waals surface area contributed by atoms with E-state index in [2.05, 4.69) is 25.9 Å². The molecule has 1 saturated heterocycles. The number of morpholine rings is 1. The quantitative estimate of drug-likeness (QED) is 0.851. The maximum absolute atomic E-state index is 12.8. The van der Waals surface area contributed by atoms with Crippen molar-refractivity contribution in [2.75, 3.05) is 33.5 Å². The second-order valence-electron chi connectivity index (χ2n) is 6.76. The molecule has 1 atom stereocenters. The average Bonchev–Trinajstić information content (AvgIpc) is 2.87. The number of nitrogens with zero attached hydrogens (tertiary/aromatic N) is 3. The van der Waals surface area contributed by atoms with Crippen molar-refractivity contribution in [2.24, 2.45) is 0 Å². The Hall–Kier alpha value is -1.40. The smallest absolute Gasteiger partial charge is 0.274 e. The highest BCUT2D eigenvalue weighted by Gasteiger charge is 2.30. The highest BCUT2D eigenvalue weighted by Crippen LogP contribution is 2.19. The lowest BCUT2D eigenvalue weighted by molar-refractivity contribution is -0.0107. The van der Waals surface area contributed by atoms with Crippen LogP contribution < -0.4 is 0 Å². The summed E-state index contributed by atoms with van der Waals surface area (Å²) in [6, 6.07) is 1.93. The van der Waals surface area contributed by atoms with E-state index in [0.717, 1.165) is 12.1 Å². The monoisotopic (exact) mass is 309 g/mol. The lowest BCUT2D eigenvalue weighted by Gasteiger charge is -2.35. The van der Waals surface area contributed by atoms with Crippen LogP contribution in [0.2, 0.25) is 0 Å². The number of hydrogen-bond acceptors (Lipinski definition) is 4. The predicted octanol–water partition coefficient (Wildman–Crippen LogP) is 1.82. The van der Waals surface area contributed by atoms with Gasteiger partial charge in [-0.05, 0) is 40.2 Å². The first-order valence-electron chi connectivity index (χ1n) is 7.79. The van der Waals surface area contributed by atoms with Gasteiger partial charge in [0.25, 0.3) is 5.91 Å². The fraction of sp³-hybridized carbons (Fsp3) is 0.750. The minimum atomic E-state index is -0.136. The van der Waals surface area contributed by atoms with E-state index in [0.29, 0.717) is 32.1 Å². The second kappa shape index (κ2) is 6.79. The van der Waals surface area contributed by atoms with Crippen LogP contribution >= 0.6 is 0 Å². The van der Waals surface area contributed by atoms with E-state index < -0.39 is 0 Å². The second-order valence-corrected chi connectivity index (χ2v) is 6.76. The molecule has 0 radical (unpaired) electrons. The molecule has 0 aromatic carbocycles. The highest BCUT2D eigenvalue weighted by atomic mass is 16.5. The molecule has 0 saturated carbocycles. The van der Waals surface area contributed by atoms with Crippen LogP contribution in [0, 0.1) is 6.92 Å². The summed E-state index contributed by atoms with van der Waals surface area (Å²) < 4.78 is 12.5. The summed E-state index contributed by atoms with van der Waals surface area (Å²) >= 11 is 0. The Morgan fingerprint density at radius 2 is 2.23 bits per heavy atom. The summed E-state index contributed by atoms with van der Waals surface area (Å²) in [5.74, 6) is -0.0181. The van der Waals surface area contributed by atoms with Gasteiger partial charge in [0.05, 0.1) is 24.8 Å². The first kappa shape index (κ1) is 17.0. The Morgan fingerprint density at radius 1 is 1.50 bits per heavy atom. The van der Waals surface area contributed by atoms with Gasteiger partial charge in [-0.2, -0.15) is 5.10 Å². The molecular formula is C16H27N3O3. The van der Waals surface area contributed by atoms with E-state index in [4.69, 9.17) is 9.47 Å². The maximum Gasteiger partial charge on any atom is 0.274 e. The molecule has 1 aliphatic rings. The molecule has 1 unspecified atom stereocenters. The number of carbonyl (C=O) groups excluding carboxylic acids is 1. The van der Waals surface area contributed by atoms with Crippen LogP contribution in [0.3, 0.4) is 0 Å². The zero-order valence-electron chi connectivity index (χ0n) is 14.3. The molecule has 2 heterocycles. The molecule has 0 aliphatic carbocycles. The van der Waals surface area contributed by atoms with Crippen LogP contribution in [0.4, 0.5) is 0 Å². The van der Waals surface area contributed by atoms with Crippen LogP contribution in [-0.4, -0.2) is 60.1 Å². The number of aryl methyl sites for hydroxylation is 1. The number of ether oxygens (including phenoxy) is 2. The van der Waals surface area contributed by atoms with Crippen molar-refractivity contribution in [1.82, 2.24) is 14.7 Å². The lowest BCUT2D eigenvalue weighted by Crippen LogP contribution is -2.49. The zero-order chi connectivity index (χ0) is 16.3. The molecule has 6 nitrogen and oxygen atoms in total. The average molecular weight is 309 g/mol. The topological polar surface area (TPSA) is 56.6 Å². The molecule has 6 heteroatoms. The summed E-state index contributed by atoms with van der Waals surface area (Å²) in [6.45, 7) is 10.6. The predicted molar refractivity (Wildman–Crippen MR) is 84.1 cm³/mol. The van der Waals surface area contributed by atoms with E-state index >= 15 is 0 Å². The molecule has 124 valence electrons. The molecule has 0 N–H and O–H groups in total. The van der Waals surface area contributed by atoms with E-state index in [1.54, 1.807) is 7.11 Å². The van der Waals surface area contributed by atoms with Gasteiger partial charge >= 0.3 is 0 Å². The molecular weight excluding hydrogens is 282 g/mol. The summed E-state index contributed by atoms with van der Waals surface area (Å²) in [5, 5.41) is 4.52. The molecule has 0 spiro atoms. The molecule has 22 heavy (non-hydrogen) atoms. The van der Waals surface area contributed by atoms with Crippen LogP contribution in [0.1, 0.15) is 43.4 Å². The molecule has 1 aromatic rings. The largest absolute Gasteiger partial charge is 0.385 e. The van der Waals surface area contributed by atoms with Gasteiger partial charge in [0.15, 0.2) is 5.69 Å². The van der Waals surface area contributed by atoms with Gasteiger partial charge in [0.1, 0.15) is 0 Å². The lowest BCUT2D eigenvalue weighted by atomic mass is 10.1. The third kappa shape index (κ3) is 3.67. The Kier molecular flexibility index (Phi) is 5.24. The van der Waals surface area contributed by atoms with E-state index in [9.17, 15) is 4.79 Å². The highest BCUT2D eigenvalue weighted by molar-refractivity contribution is 5.92. The number of methoxy groups -OCH3 is 1. The molecule has 0 bridgehead atoms. The van der Waals surface area contributed by atoms with E-state index in [1.165, 1.54) is 0 Å². The Morgan fingerprint density at radius 3 is 2.82 bits per heavy atom. The fourth-order valence-corrected chi connectivity index (χ4v) is 2.82. The molecule has 1 aromatic heterocycles. The van der Waals surface area contributed by atoms with Gasteiger partial charge in [0, 0.05) is 26.0 Å². The SMILES string of the molecule is COCCC1COCCN1C(=O)c1cc(C)n(C(C)(C)C)n1. The van der Waals surface area contributed by atoms with E-state index in [-0.39, 0.29) is 17.5 Å². The van der Waals surface area contributed by atoms with Gasteiger partial charge < -0.3 is 14.4 Å². The number of carbonyl (C=O) groups is 1. The van der Waals surface area contributed by atoms with Crippen LogP contribution in [0.5, 0.6) is 0 Å². The molecule has 1 aliphatic heterocycles. The van der Waals surface area contributed by atoms with Crippen molar-refractivity contribution in [2.45, 2.75) is 45.7 Å². The van der Waals surface area contributed by atoms with Gasteiger partial charge in [0.2, 0.25) is 0 Å². The van der Waals surface area contributed by atoms with Crippen molar-refractivity contribution in [3.8, 4) is 0 Å². The standard InChI is InChI=1S/C16H27N3O3/c1-12-10-14(17-19(12)16(2,3)4)15(20)18-7-9-22-11-13(18)6-8-21-5/h10,13H,6-9,11H2,1-5H3. The van der Waals surface area contributed by atoms with Crippen molar-refractivity contribution < 1.29 is 14.3 Å².